The third-order valence-electron chi connectivity index (χ3n) is 1.68. The molecule has 1 aromatic heterocycles. The number of hydrogen-bond acceptors (Lipinski definition) is 6. The molecule has 0 aromatic carbocycles. The maximum atomic E-state index is 10.8. The van der Waals surface area contributed by atoms with Gasteiger partial charge >= 0.3 is 5.97 Å². The minimum atomic E-state index is -0.200. The van der Waals surface area contributed by atoms with E-state index in [-0.39, 0.29) is 5.97 Å². The number of pyridine rings is 1. The van der Waals surface area contributed by atoms with E-state index in [0.29, 0.717) is 18.0 Å². The highest BCUT2D eigenvalue weighted by Crippen LogP contribution is 2.20. The predicted octanol–water partition coefficient (Wildman–Crippen LogP) is 1.02. The monoisotopic (exact) mass is 227 g/mol. The fraction of sp³-hybridized carbons (Fsp3) is 0.333. The SMILES string of the molecule is COC(=O)CCSc1ccnc(NN)c1. The van der Waals surface area contributed by atoms with Gasteiger partial charge in [0, 0.05) is 16.8 Å². The van der Waals surface area contributed by atoms with Gasteiger partial charge in [-0.15, -0.1) is 11.8 Å². The predicted molar refractivity (Wildman–Crippen MR) is 59.4 cm³/mol. The molecule has 5 nitrogen and oxygen atoms in total. The summed E-state index contributed by atoms with van der Waals surface area (Å²) in [6, 6.07) is 3.69. The number of rotatable bonds is 5. The van der Waals surface area contributed by atoms with Gasteiger partial charge < -0.3 is 10.2 Å². The normalized spacial score (nSPS) is 9.73. The largest absolute Gasteiger partial charge is 0.469 e. The molecule has 0 radical (unpaired) electrons. The van der Waals surface area contributed by atoms with Gasteiger partial charge in [0.2, 0.25) is 0 Å². The van der Waals surface area contributed by atoms with Gasteiger partial charge in [-0.2, -0.15) is 0 Å². The Labute approximate surface area is 92.4 Å². The van der Waals surface area contributed by atoms with Crippen molar-refractivity contribution >= 4 is 23.5 Å². The Morgan fingerprint density at radius 3 is 3.20 bits per heavy atom. The number of anilines is 1. The smallest absolute Gasteiger partial charge is 0.306 e. The molecule has 0 saturated heterocycles. The van der Waals surface area contributed by atoms with E-state index < -0.39 is 0 Å². The highest BCUT2D eigenvalue weighted by molar-refractivity contribution is 7.99. The van der Waals surface area contributed by atoms with Crippen LogP contribution in [0, 0.1) is 0 Å². The summed E-state index contributed by atoms with van der Waals surface area (Å²) in [5.41, 5.74) is 2.46. The number of hydrazine groups is 1. The summed E-state index contributed by atoms with van der Waals surface area (Å²) < 4.78 is 4.54. The lowest BCUT2D eigenvalue weighted by molar-refractivity contribution is -0.140. The summed E-state index contributed by atoms with van der Waals surface area (Å²) in [6.07, 6.45) is 2.06. The molecule has 0 spiro atoms. The number of thioether (sulfide) groups is 1. The minimum Gasteiger partial charge on any atom is -0.469 e. The fourth-order valence-electron chi connectivity index (χ4n) is 0.934. The number of nitrogens with zero attached hydrogens (tertiary/aromatic N) is 1. The first-order chi connectivity index (χ1) is 7.26. The number of hydrogen-bond donors (Lipinski definition) is 2. The van der Waals surface area contributed by atoms with Crippen LogP contribution in [-0.2, 0) is 9.53 Å². The molecule has 0 saturated carbocycles. The van der Waals surface area contributed by atoms with Gasteiger partial charge in [0.25, 0.3) is 0 Å². The van der Waals surface area contributed by atoms with Crippen LogP contribution in [-0.4, -0.2) is 23.8 Å². The molecule has 0 atom stereocenters. The highest BCUT2D eigenvalue weighted by Gasteiger charge is 2.01. The van der Waals surface area contributed by atoms with Crippen LogP contribution in [0.2, 0.25) is 0 Å². The highest BCUT2D eigenvalue weighted by atomic mass is 32.2. The van der Waals surface area contributed by atoms with Crippen molar-refractivity contribution in [2.75, 3.05) is 18.3 Å². The Morgan fingerprint density at radius 2 is 2.53 bits per heavy atom. The maximum absolute atomic E-state index is 10.8. The molecular formula is C9H13N3O2S. The van der Waals surface area contributed by atoms with Crippen molar-refractivity contribution in [3.8, 4) is 0 Å². The summed E-state index contributed by atoms with van der Waals surface area (Å²) in [6.45, 7) is 0. The summed E-state index contributed by atoms with van der Waals surface area (Å²) in [5, 5.41) is 0. The van der Waals surface area contributed by atoms with E-state index in [2.05, 4.69) is 15.1 Å². The zero-order valence-electron chi connectivity index (χ0n) is 8.40. The zero-order chi connectivity index (χ0) is 11.1. The second kappa shape index (κ2) is 6.26. The van der Waals surface area contributed by atoms with Crippen LogP contribution in [0.25, 0.3) is 0 Å². The number of nitrogens with two attached hydrogens (primary N) is 1. The number of esters is 1. The van der Waals surface area contributed by atoms with E-state index in [0.717, 1.165) is 4.90 Å². The molecule has 0 amide bonds. The fourth-order valence-corrected chi connectivity index (χ4v) is 1.79. The zero-order valence-corrected chi connectivity index (χ0v) is 9.21. The topological polar surface area (TPSA) is 77.2 Å². The molecule has 1 aromatic rings. The Bertz CT molecular complexity index is 333. The van der Waals surface area contributed by atoms with Crippen LogP contribution in [0.15, 0.2) is 23.2 Å². The van der Waals surface area contributed by atoms with Gasteiger partial charge in [0.15, 0.2) is 0 Å². The minimum absolute atomic E-state index is 0.200. The Balaban J connectivity index is 2.40. The van der Waals surface area contributed by atoms with E-state index in [9.17, 15) is 4.79 Å². The van der Waals surface area contributed by atoms with Crippen LogP contribution >= 0.6 is 11.8 Å². The number of carbonyl (C=O) groups excluding carboxylic acids is 1. The van der Waals surface area contributed by atoms with E-state index in [1.54, 1.807) is 18.0 Å². The molecule has 6 heteroatoms. The van der Waals surface area contributed by atoms with Gasteiger partial charge in [-0.25, -0.2) is 10.8 Å². The second-order valence-electron chi connectivity index (χ2n) is 2.70. The van der Waals surface area contributed by atoms with Crippen molar-refractivity contribution < 1.29 is 9.53 Å². The molecule has 82 valence electrons. The van der Waals surface area contributed by atoms with Crippen LogP contribution in [0.5, 0.6) is 0 Å². The van der Waals surface area contributed by atoms with E-state index in [1.807, 2.05) is 12.1 Å². The van der Waals surface area contributed by atoms with E-state index >= 15 is 0 Å². The third-order valence-corrected chi connectivity index (χ3v) is 2.68. The average molecular weight is 227 g/mol. The van der Waals surface area contributed by atoms with Crippen LogP contribution < -0.4 is 11.3 Å². The molecular weight excluding hydrogens is 214 g/mol. The number of carbonyl (C=O) groups is 1. The van der Waals surface area contributed by atoms with Crippen LogP contribution in [0.3, 0.4) is 0 Å². The van der Waals surface area contributed by atoms with Gasteiger partial charge in [0.1, 0.15) is 5.82 Å². The van der Waals surface area contributed by atoms with Crippen molar-refractivity contribution in [3.63, 3.8) is 0 Å². The van der Waals surface area contributed by atoms with Gasteiger partial charge in [-0.3, -0.25) is 4.79 Å². The van der Waals surface area contributed by atoms with Crippen molar-refractivity contribution in [2.24, 2.45) is 5.84 Å². The molecule has 0 bridgehead atoms. The van der Waals surface area contributed by atoms with Crippen LogP contribution in [0.4, 0.5) is 5.82 Å². The third kappa shape index (κ3) is 4.18. The standard InChI is InChI=1S/C9H13N3O2S/c1-14-9(13)3-5-15-7-2-4-11-8(6-7)12-10/h2,4,6H,3,5,10H2,1H3,(H,11,12). The summed E-state index contributed by atoms with van der Waals surface area (Å²) in [7, 11) is 1.38. The lowest BCUT2D eigenvalue weighted by atomic mass is 10.5. The number of aromatic nitrogens is 1. The first-order valence-electron chi connectivity index (χ1n) is 4.38. The Hall–Kier alpha value is -1.27. The Morgan fingerprint density at radius 1 is 1.73 bits per heavy atom. The lowest BCUT2D eigenvalue weighted by Crippen LogP contribution is -2.08. The van der Waals surface area contributed by atoms with Gasteiger partial charge in [-0.1, -0.05) is 0 Å². The van der Waals surface area contributed by atoms with Crippen molar-refractivity contribution in [3.05, 3.63) is 18.3 Å². The quantitative estimate of drug-likeness (QED) is 0.338. The molecule has 0 aliphatic carbocycles. The van der Waals surface area contributed by atoms with Crippen molar-refractivity contribution in [1.82, 2.24) is 4.98 Å². The molecule has 0 unspecified atom stereocenters. The summed E-state index contributed by atoms with van der Waals surface area (Å²) in [5.74, 6) is 6.31. The number of nitrogen functional groups attached to an aromatic ring is 1. The average Bonchev–Trinajstić information content (AvgIpc) is 2.29. The van der Waals surface area contributed by atoms with Crippen LogP contribution in [0.1, 0.15) is 6.42 Å². The number of nitrogens with one attached hydrogen (secondary N) is 1. The first-order valence-corrected chi connectivity index (χ1v) is 5.37. The van der Waals surface area contributed by atoms with Gasteiger partial charge in [0.05, 0.1) is 13.5 Å². The number of methoxy groups -OCH3 is 1. The lowest BCUT2D eigenvalue weighted by Gasteiger charge is -2.03. The van der Waals surface area contributed by atoms with E-state index in [4.69, 9.17) is 5.84 Å². The van der Waals surface area contributed by atoms with Crippen molar-refractivity contribution in [1.29, 1.82) is 0 Å². The summed E-state index contributed by atoms with van der Waals surface area (Å²) >= 11 is 1.56. The van der Waals surface area contributed by atoms with Gasteiger partial charge in [-0.05, 0) is 12.1 Å². The first kappa shape index (κ1) is 11.8. The molecule has 0 aliphatic rings. The molecule has 3 N–H and O–H groups in total. The molecule has 1 rings (SSSR count). The second-order valence-corrected chi connectivity index (χ2v) is 3.86. The molecule has 0 aliphatic heterocycles. The van der Waals surface area contributed by atoms with Crippen molar-refractivity contribution in [2.45, 2.75) is 11.3 Å². The molecule has 15 heavy (non-hydrogen) atoms. The summed E-state index contributed by atoms with van der Waals surface area (Å²) in [4.78, 5) is 15.8. The molecule has 0 fully saturated rings. The Kier molecular flexibility index (Phi) is 4.92. The maximum Gasteiger partial charge on any atom is 0.306 e. The molecule has 1 heterocycles. The number of ether oxygens (including phenoxy) is 1. The van der Waals surface area contributed by atoms with E-state index in [1.165, 1.54) is 7.11 Å².